The van der Waals surface area contributed by atoms with Crippen molar-refractivity contribution in [1.82, 2.24) is 20.0 Å². The monoisotopic (exact) mass is 529 g/mol. The Hall–Kier alpha value is -1.32. The van der Waals surface area contributed by atoms with Crippen molar-refractivity contribution < 1.29 is 4.74 Å². The molecule has 1 N–H and O–H groups in total. The number of hydrogen-bond acceptors (Lipinski definition) is 3. The van der Waals surface area contributed by atoms with Crippen LogP contribution < -0.4 is 5.32 Å². The summed E-state index contributed by atoms with van der Waals surface area (Å²) in [5, 5.41) is 8.70. The third kappa shape index (κ3) is 4.88. The number of aryl methyl sites for hydroxylation is 1. The molecule has 2 aliphatic rings. The Morgan fingerprint density at radius 1 is 1.34 bits per heavy atom. The SMILES string of the molecule is CN=C(NCC1(c2ccc(Cl)cc2)CCC1)N1CCOC(c2cnn(C)c2)C1.I. The highest BCUT2D eigenvalue weighted by atomic mass is 127. The lowest BCUT2D eigenvalue weighted by Gasteiger charge is -2.44. The van der Waals surface area contributed by atoms with E-state index in [1.165, 1.54) is 24.8 Å². The second-order valence-electron chi connectivity index (χ2n) is 7.79. The molecule has 1 aromatic carbocycles. The van der Waals surface area contributed by atoms with Gasteiger partial charge in [0.2, 0.25) is 0 Å². The van der Waals surface area contributed by atoms with Gasteiger partial charge in [-0.3, -0.25) is 9.67 Å². The van der Waals surface area contributed by atoms with E-state index in [0.717, 1.165) is 36.2 Å². The first-order valence-corrected chi connectivity index (χ1v) is 10.3. The topological polar surface area (TPSA) is 54.7 Å². The molecule has 6 nitrogen and oxygen atoms in total. The summed E-state index contributed by atoms with van der Waals surface area (Å²) >= 11 is 6.08. The number of aliphatic imine (C=N–C) groups is 1. The first-order valence-electron chi connectivity index (χ1n) is 9.91. The molecule has 8 heteroatoms. The van der Waals surface area contributed by atoms with Crippen molar-refractivity contribution in [2.24, 2.45) is 12.0 Å². The van der Waals surface area contributed by atoms with E-state index >= 15 is 0 Å². The minimum absolute atomic E-state index is 0. The lowest BCUT2D eigenvalue weighted by Crippen LogP contribution is -2.52. The standard InChI is InChI=1S/C21H28ClN5O.HI/c1-23-20(27-10-11-28-19(14-27)16-12-25-26(2)13-16)24-15-21(8-3-9-21)17-4-6-18(22)7-5-17;/h4-7,12-13,19H,3,8-11,14-15H2,1-2H3,(H,23,24);1H. The summed E-state index contributed by atoms with van der Waals surface area (Å²) in [6, 6.07) is 8.32. The molecule has 0 amide bonds. The number of aromatic nitrogens is 2. The summed E-state index contributed by atoms with van der Waals surface area (Å²) in [5.41, 5.74) is 2.65. The zero-order chi connectivity index (χ0) is 19.6. The van der Waals surface area contributed by atoms with Gasteiger partial charge < -0.3 is 15.0 Å². The maximum absolute atomic E-state index is 6.08. The molecule has 4 rings (SSSR count). The van der Waals surface area contributed by atoms with Crippen LogP contribution in [0.4, 0.5) is 0 Å². The first-order chi connectivity index (χ1) is 13.6. The maximum Gasteiger partial charge on any atom is 0.193 e. The van der Waals surface area contributed by atoms with Gasteiger partial charge in [-0.25, -0.2) is 0 Å². The van der Waals surface area contributed by atoms with Crippen molar-refractivity contribution in [3.05, 3.63) is 52.8 Å². The van der Waals surface area contributed by atoms with Crippen LogP contribution in [0.15, 0.2) is 41.7 Å². The average molecular weight is 530 g/mol. The van der Waals surface area contributed by atoms with Crippen LogP contribution in [-0.4, -0.2) is 53.9 Å². The molecular weight excluding hydrogens is 501 g/mol. The van der Waals surface area contributed by atoms with Crippen LogP contribution in [-0.2, 0) is 17.2 Å². The number of nitrogens with zero attached hydrogens (tertiary/aromatic N) is 4. The number of morpholine rings is 1. The van der Waals surface area contributed by atoms with Gasteiger partial charge in [0.1, 0.15) is 6.10 Å². The van der Waals surface area contributed by atoms with Gasteiger partial charge >= 0.3 is 0 Å². The molecule has 2 fully saturated rings. The molecule has 158 valence electrons. The lowest BCUT2D eigenvalue weighted by molar-refractivity contribution is -0.00820. The third-order valence-corrected chi connectivity index (χ3v) is 6.28. The summed E-state index contributed by atoms with van der Waals surface area (Å²) in [7, 11) is 3.78. The zero-order valence-electron chi connectivity index (χ0n) is 17.0. The van der Waals surface area contributed by atoms with E-state index in [2.05, 4.69) is 32.4 Å². The van der Waals surface area contributed by atoms with E-state index in [9.17, 15) is 0 Å². The van der Waals surface area contributed by atoms with Crippen LogP contribution in [0.3, 0.4) is 0 Å². The molecule has 0 bridgehead atoms. The van der Waals surface area contributed by atoms with E-state index < -0.39 is 0 Å². The molecule has 1 unspecified atom stereocenters. The van der Waals surface area contributed by atoms with E-state index in [-0.39, 0.29) is 35.5 Å². The molecule has 0 radical (unpaired) electrons. The van der Waals surface area contributed by atoms with E-state index in [1.54, 1.807) is 0 Å². The number of benzene rings is 1. The summed E-state index contributed by atoms with van der Waals surface area (Å²) in [5.74, 6) is 0.942. The number of guanidine groups is 1. The highest BCUT2D eigenvalue weighted by molar-refractivity contribution is 14.0. The van der Waals surface area contributed by atoms with Crippen LogP contribution in [0.2, 0.25) is 5.02 Å². The molecule has 2 heterocycles. The third-order valence-electron chi connectivity index (χ3n) is 6.03. The Morgan fingerprint density at radius 3 is 2.69 bits per heavy atom. The molecule has 29 heavy (non-hydrogen) atoms. The number of rotatable bonds is 4. The Morgan fingerprint density at radius 2 is 2.10 bits per heavy atom. The minimum Gasteiger partial charge on any atom is -0.370 e. The van der Waals surface area contributed by atoms with Gasteiger partial charge in [0, 0.05) is 49.4 Å². The molecule has 2 aromatic rings. The van der Waals surface area contributed by atoms with Crippen molar-refractivity contribution in [2.75, 3.05) is 33.3 Å². The predicted octanol–water partition coefficient (Wildman–Crippen LogP) is 3.76. The van der Waals surface area contributed by atoms with E-state index in [0.29, 0.717) is 6.61 Å². The smallest absolute Gasteiger partial charge is 0.193 e. The van der Waals surface area contributed by atoms with Crippen molar-refractivity contribution in [1.29, 1.82) is 0 Å². The Balaban J connectivity index is 0.00000240. The molecule has 1 aliphatic carbocycles. The van der Waals surface area contributed by atoms with Crippen molar-refractivity contribution in [3.8, 4) is 0 Å². The lowest BCUT2D eigenvalue weighted by atomic mass is 9.64. The zero-order valence-corrected chi connectivity index (χ0v) is 20.1. The second-order valence-corrected chi connectivity index (χ2v) is 8.23. The molecule has 1 aromatic heterocycles. The molecule has 1 atom stereocenters. The summed E-state index contributed by atoms with van der Waals surface area (Å²) in [4.78, 5) is 6.84. The van der Waals surface area contributed by atoms with Crippen LogP contribution in [0.5, 0.6) is 0 Å². The molecule has 1 saturated carbocycles. The van der Waals surface area contributed by atoms with Crippen LogP contribution in [0, 0.1) is 0 Å². The van der Waals surface area contributed by atoms with Gasteiger partial charge in [-0.1, -0.05) is 30.2 Å². The van der Waals surface area contributed by atoms with Crippen LogP contribution >= 0.6 is 35.6 Å². The van der Waals surface area contributed by atoms with Gasteiger partial charge in [0.05, 0.1) is 19.3 Å². The largest absolute Gasteiger partial charge is 0.370 e. The maximum atomic E-state index is 6.08. The van der Waals surface area contributed by atoms with Gasteiger partial charge in [0.15, 0.2) is 5.96 Å². The fraction of sp³-hybridized carbons (Fsp3) is 0.524. The van der Waals surface area contributed by atoms with Crippen molar-refractivity contribution in [3.63, 3.8) is 0 Å². The Labute approximate surface area is 194 Å². The summed E-state index contributed by atoms with van der Waals surface area (Å²) < 4.78 is 7.79. The van der Waals surface area contributed by atoms with Gasteiger partial charge in [-0.05, 0) is 30.5 Å². The molecule has 1 saturated heterocycles. The van der Waals surface area contributed by atoms with Crippen molar-refractivity contribution >= 4 is 41.5 Å². The number of ether oxygens (including phenoxy) is 1. The quantitative estimate of drug-likeness (QED) is 0.372. The molecule has 0 spiro atoms. The van der Waals surface area contributed by atoms with Gasteiger partial charge in [-0.15, -0.1) is 24.0 Å². The number of hydrogen-bond donors (Lipinski definition) is 1. The Kier molecular flexibility index (Phi) is 7.45. The van der Waals surface area contributed by atoms with Crippen LogP contribution in [0.1, 0.15) is 36.5 Å². The van der Waals surface area contributed by atoms with E-state index in [4.69, 9.17) is 16.3 Å². The highest BCUT2D eigenvalue weighted by Crippen LogP contribution is 2.43. The minimum atomic E-state index is 0. The summed E-state index contributed by atoms with van der Waals surface area (Å²) in [6.45, 7) is 3.18. The van der Waals surface area contributed by atoms with E-state index in [1.807, 2.05) is 43.3 Å². The first kappa shape index (κ1) is 22.4. The number of nitrogens with one attached hydrogen (secondary N) is 1. The molecular formula is C21H29ClIN5O. The number of halogens is 2. The molecule has 1 aliphatic heterocycles. The van der Waals surface area contributed by atoms with Crippen LogP contribution in [0.25, 0.3) is 0 Å². The summed E-state index contributed by atoms with van der Waals surface area (Å²) in [6.07, 6.45) is 7.58. The second kappa shape index (κ2) is 9.66. The average Bonchev–Trinajstić information content (AvgIpc) is 3.12. The fourth-order valence-corrected chi connectivity index (χ4v) is 4.33. The fourth-order valence-electron chi connectivity index (χ4n) is 4.20. The normalized spacial score (nSPS) is 21.3. The highest BCUT2D eigenvalue weighted by Gasteiger charge is 2.39. The predicted molar refractivity (Wildman–Crippen MR) is 127 cm³/mol. The van der Waals surface area contributed by atoms with Gasteiger partial charge in [-0.2, -0.15) is 5.10 Å². The van der Waals surface area contributed by atoms with Crippen molar-refractivity contribution in [2.45, 2.75) is 30.8 Å². The Bertz CT molecular complexity index is 834. The van der Waals surface area contributed by atoms with Gasteiger partial charge in [0.25, 0.3) is 0 Å².